The van der Waals surface area contributed by atoms with Gasteiger partial charge in [0, 0.05) is 11.1 Å². The largest absolute Gasteiger partial charge is 0.0830 e. The molecular weight excluding hydrogens is 324 g/mol. The van der Waals surface area contributed by atoms with Crippen LogP contribution in [0.2, 0.25) is 5.02 Å². The van der Waals surface area contributed by atoms with E-state index in [0.717, 1.165) is 27.3 Å². The number of rotatable bonds is 3. The summed E-state index contributed by atoms with van der Waals surface area (Å²) >= 11 is 6.84. The Labute approximate surface area is 153 Å². The molecule has 0 saturated carbocycles. The van der Waals surface area contributed by atoms with Crippen molar-refractivity contribution in [1.82, 2.24) is 0 Å². The average Bonchev–Trinajstić information content (AvgIpc) is 2.70. The molecule has 0 N–H and O–H groups in total. The zero-order chi connectivity index (χ0) is 17.1. The quantitative estimate of drug-likeness (QED) is 0.366. The van der Waals surface area contributed by atoms with Crippen molar-refractivity contribution in [3.8, 4) is 33.4 Å². The minimum absolute atomic E-state index is 0.789. The van der Waals surface area contributed by atoms with Gasteiger partial charge in [-0.25, -0.2) is 0 Å². The first-order valence-corrected chi connectivity index (χ1v) is 8.70. The molecule has 0 heterocycles. The van der Waals surface area contributed by atoms with Gasteiger partial charge in [-0.05, 0) is 34.4 Å². The summed E-state index contributed by atoms with van der Waals surface area (Å²) in [5.41, 5.74) is 6.73. The van der Waals surface area contributed by atoms with Gasteiger partial charge in [0.1, 0.15) is 0 Å². The molecule has 4 rings (SSSR count). The lowest BCUT2D eigenvalue weighted by Gasteiger charge is -2.14. The normalized spacial score (nSPS) is 10.6. The van der Waals surface area contributed by atoms with Crippen molar-refractivity contribution < 1.29 is 0 Å². The second kappa shape index (κ2) is 6.96. The fourth-order valence-corrected chi connectivity index (χ4v) is 3.40. The van der Waals surface area contributed by atoms with Gasteiger partial charge in [0.25, 0.3) is 0 Å². The van der Waals surface area contributed by atoms with Crippen LogP contribution in [0.4, 0.5) is 0 Å². The molecule has 0 spiro atoms. The molecule has 0 saturated heterocycles. The van der Waals surface area contributed by atoms with Gasteiger partial charge in [-0.3, -0.25) is 0 Å². The first-order chi connectivity index (χ1) is 12.3. The third-order valence-corrected chi connectivity index (χ3v) is 4.76. The number of halogens is 1. The van der Waals surface area contributed by atoms with Crippen molar-refractivity contribution in [2.45, 2.75) is 0 Å². The van der Waals surface area contributed by atoms with Crippen LogP contribution in [0.15, 0.2) is 103 Å². The van der Waals surface area contributed by atoms with Crippen molar-refractivity contribution in [2.75, 3.05) is 0 Å². The summed E-state index contributed by atoms with van der Waals surface area (Å²) in [5, 5.41) is 0.789. The molecule has 4 aromatic rings. The van der Waals surface area contributed by atoms with Crippen molar-refractivity contribution in [2.24, 2.45) is 0 Å². The standard InChI is InChI=1S/C24H17Cl/c25-24-22(19-12-6-2-7-13-19)16-21(18-10-4-1-5-11-18)17-23(24)20-14-8-3-9-15-20/h1-17H. The molecular formula is C24H17Cl. The Bertz CT molecular complexity index is 914. The molecule has 0 unspecified atom stereocenters. The van der Waals surface area contributed by atoms with E-state index in [1.54, 1.807) is 0 Å². The first kappa shape index (κ1) is 15.7. The summed E-state index contributed by atoms with van der Waals surface area (Å²) in [7, 11) is 0. The van der Waals surface area contributed by atoms with Crippen LogP contribution >= 0.6 is 11.6 Å². The Morgan fingerprint density at radius 3 is 1.16 bits per heavy atom. The zero-order valence-electron chi connectivity index (χ0n) is 13.7. The third-order valence-electron chi connectivity index (χ3n) is 4.35. The lowest BCUT2D eigenvalue weighted by atomic mass is 9.93. The van der Waals surface area contributed by atoms with Crippen molar-refractivity contribution in [3.05, 3.63) is 108 Å². The van der Waals surface area contributed by atoms with Crippen LogP contribution in [0.25, 0.3) is 33.4 Å². The van der Waals surface area contributed by atoms with Crippen LogP contribution in [0.5, 0.6) is 0 Å². The zero-order valence-corrected chi connectivity index (χ0v) is 14.4. The highest BCUT2D eigenvalue weighted by atomic mass is 35.5. The van der Waals surface area contributed by atoms with Crippen molar-refractivity contribution in [3.63, 3.8) is 0 Å². The van der Waals surface area contributed by atoms with Gasteiger partial charge in [-0.15, -0.1) is 0 Å². The third kappa shape index (κ3) is 3.22. The van der Waals surface area contributed by atoms with Crippen LogP contribution < -0.4 is 0 Å². The highest BCUT2D eigenvalue weighted by molar-refractivity contribution is 6.36. The van der Waals surface area contributed by atoms with E-state index >= 15 is 0 Å². The Balaban J connectivity index is 1.98. The minimum Gasteiger partial charge on any atom is -0.0830 e. The Kier molecular flexibility index (Phi) is 4.37. The first-order valence-electron chi connectivity index (χ1n) is 8.33. The second-order valence-electron chi connectivity index (χ2n) is 5.98. The van der Waals surface area contributed by atoms with Crippen molar-refractivity contribution >= 4 is 11.6 Å². The fraction of sp³-hybridized carbons (Fsp3) is 0. The molecule has 1 heteroatoms. The summed E-state index contributed by atoms with van der Waals surface area (Å²) in [4.78, 5) is 0. The maximum absolute atomic E-state index is 6.84. The molecule has 0 aliphatic rings. The maximum Gasteiger partial charge on any atom is 0.0563 e. The molecule has 0 bridgehead atoms. The fourth-order valence-electron chi connectivity index (χ4n) is 3.08. The molecule has 120 valence electrons. The van der Waals surface area contributed by atoms with Gasteiger partial charge in [-0.2, -0.15) is 0 Å². The van der Waals surface area contributed by atoms with E-state index in [1.165, 1.54) is 11.1 Å². The minimum atomic E-state index is 0.789. The van der Waals surface area contributed by atoms with Crippen LogP contribution in [0.1, 0.15) is 0 Å². The Morgan fingerprint density at radius 1 is 0.400 bits per heavy atom. The Hall–Kier alpha value is -2.83. The highest BCUT2D eigenvalue weighted by Crippen LogP contribution is 2.40. The number of hydrogen-bond acceptors (Lipinski definition) is 0. The summed E-state index contributed by atoms with van der Waals surface area (Å²) in [6, 6.07) is 35.4. The topological polar surface area (TPSA) is 0 Å². The van der Waals surface area contributed by atoms with Gasteiger partial charge in [0.15, 0.2) is 0 Å². The van der Waals surface area contributed by atoms with Gasteiger partial charge < -0.3 is 0 Å². The van der Waals surface area contributed by atoms with Gasteiger partial charge in [0.05, 0.1) is 5.02 Å². The lowest BCUT2D eigenvalue weighted by molar-refractivity contribution is 1.56. The van der Waals surface area contributed by atoms with E-state index in [1.807, 2.05) is 42.5 Å². The molecule has 0 atom stereocenters. The summed E-state index contributed by atoms with van der Waals surface area (Å²) < 4.78 is 0. The molecule has 0 aliphatic heterocycles. The van der Waals surface area contributed by atoms with Crippen LogP contribution in [-0.4, -0.2) is 0 Å². The molecule has 4 aromatic carbocycles. The van der Waals surface area contributed by atoms with Crippen LogP contribution in [-0.2, 0) is 0 Å². The van der Waals surface area contributed by atoms with Gasteiger partial charge >= 0.3 is 0 Å². The predicted molar refractivity (Wildman–Crippen MR) is 108 cm³/mol. The summed E-state index contributed by atoms with van der Waals surface area (Å²) in [6.07, 6.45) is 0. The molecule has 0 aliphatic carbocycles. The molecule has 0 amide bonds. The van der Waals surface area contributed by atoms with E-state index in [2.05, 4.69) is 60.7 Å². The smallest absolute Gasteiger partial charge is 0.0563 e. The number of hydrogen-bond donors (Lipinski definition) is 0. The van der Waals surface area contributed by atoms with E-state index in [0.29, 0.717) is 0 Å². The molecule has 0 nitrogen and oxygen atoms in total. The van der Waals surface area contributed by atoms with E-state index in [-0.39, 0.29) is 0 Å². The van der Waals surface area contributed by atoms with Crippen LogP contribution in [0, 0.1) is 0 Å². The predicted octanol–water partition coefficient (Wildman–Crippen LogP) is 7.34. The highest BCUT2D eigenvalue weighted by Gasteiger charge is 2.13. The van der Waals surface area contributed by atoms with Crippen molar-refractivity contribution in [1.29, 1.82) is 0 Å². The molecule has 0 fully saturated rings. The maximum atomic E-state index is 6.84. The van der Waals surface area contributed by atoms with E-state index in [9.17, 15) is 0 Å². The van der Waals surface area contributed by atoms with E-state index < -0.39 is 0 Å². The molecule has 0 radical (unpaired) electrons. The summed E-state index contributed by atoms with van der Waals surface area (Å²) in [5.74, 6) is 0. The molecule has 25 heavy (non-hydrogen) atoms. The van der Waals surface area contributed by atoms with E-state index in [4.69, 9.17) is 11.6 Å². The van der Waals surface area contributed by atoms with Gasteiger partial charge in [-0.1, -0.05) is 103 Å². The SMILES string of the molecule is Clc1c(-c2ccccc2)cc(-c2ccccc2)cc1-c1ccccc1. The lowest BCUT2D eigenvalue weighted by Crippen LogP contribution is -1.88. The summed E-state index contributed by atoms with van der Waals surface area (Å²) in [6.45, 7) is 0. The Morgan fingerprint density at radius 2 is 0.760 bits per heavy atom. The van der Waals surface area contributed by atoms with Crippen LogP contribution in [0.3, 0.4) is 0 Å². The second-order valence-corrected chi connectivity index (χ2v) is 6.36. The monoisotopic (exact) mass is 340 g/mol. The number of benzene rings is 4. The van der Waals surface area contributed by atoms with Gasteiger partial charge in [0.2, 0.25) is 0 Å². The average molecular weight is 341 g/mol. The molecule has 0 aromatic heterocycles.